The lowest BCUT2D eigenvalue weighted by atomic mass is 10.1. The van der Waals surface area contributed by atoms with Gasteiger partial charge in [-0.15, -0.1) is 0 Å². The number of aromatic nitrogens is 2. The van der Waals surface area contributed by atoms with E-state index in [1.54, 1.807) is 14.2 Å². The maximum absolute atomic E-state index is 5.36. The fourth-order valence-electron chi connectivity index (χ4n) is 1.80. The summed E-state index contributed by atoms with van der Waals surface area (Å²) in [4.78, 5) is 4.37. The number of nitrogens with one attached hydrogen (secondary N) is 1. The standard InChI is InChI=1S/C12H23N3O3/c1-8(2)11(17-5)12-14-10(18-15-12)6-9(13-3)7-16-4/h8-9,11,13H,6-7H2,1-5H3. The molecule has 1 N–H and O–H groups in total. The zero-order chi connectivity index (χ0) is 13.5. The highest BCUT2D eigenvalue weighted by molar-refractivity contribution is 4.94. The van der Waals surface area contributed by atoms with Gasteiger partial charge in [0.1, 0.15) is 6.10 Å². The summed E-state index contributed by atoms with van der Waals surface area (Å²) in [6, 6.07) is 0.170. The fourth-order valence-corrected chi connectivity index (χ4v) is 1.80. The molecule has 0 fully saturated rings. The van der Waals surface area contributed by atoms with Gasteiger partial charge in [0.15, 0.2) is 0 Å². The molecule has 0 amide bonds. The van der Waals surface area contributed by atoms with Gasteiger partial charge in [-0.05, 0) is 13.0 Å². The molecular weight excluding hydrogens is 234 g/mol. The van der Waals surface area contributed by atoms with Crippen molar-refractivity contribution in [3.63, 3.8) is 0 Å². The summed E-state index contributed by atoms with van der Waals surface area (Å²) >= 11 is 0. The summed E-state index contributed by atoms with van der Waals surface area (Å²) < 4.78 is 15.7. The molecule has 1 aromatic rings. The first-order valence-electron chi connectivity index (χ1n) is 6.13. The van der Waals surface area contributed by atoms with Gasteiger partial charge in [-0.1, -0.05) is 19.0 Å². The predicted molar refractivity (Wildman–Crippen MR) is 67.3 cm³/mol. The molecule has 0 radical (unpaired) electrons. The Morgan fingerprint density at radius 3 is 2.56 bits per heavy atom. The highest BCUT2D eigenvalue weighted by Gasteiger charge is 2.22. The van der Waals surface area contributed by atoms with E-state index in [0.717, 1.165) is 0 Å². The van der Waals surface area contributed by atoms with Crippen molar-refractivity contribution < 1.29 is 14.0 Å². The third kappa shape index (κ3) is 4.04. The molecular formula is C12H23N3O3. The molecule has 18 heavy (non-hydrogen) atoms. The van der Waals surface area contributed by atoms with Crippen molar-refractivity contribution in [3.8, 4) is 0 Å². The van der Waals surface area contributed by atoms with Crippen molar-refractivity contribution in [2.45, 2.75) is 32.4 Å². The molecule has 0 spiro atoms. The van der Waals surface area contributed by atoms with Crippen LogP contribution in [0.4, 0.5) is 0 Å². The molecule has 0 aliphatic heterocycles. The smallest absolute Gasteiger partial charge is 0.228 e. The summed E-state index contributed by atoms with van der Waals surface area (Å²) in [7, 11) is 5.21. The number of methoxy groups -OCH3 is 2. The summed E-state index contributed by atoms with van der Waals surface area (Å²) in [5.41, 5.74) is 0. The summed E-state index contributed by atoms with van der Waals surface area (Å²) in [5.74, 6) is 1.51. The van der Waals surface area contributed by atoms with Crippen LogP contribution in [0.1, 0.15) is 31.7 Å². The SMILES string of the molecule is CNC(COC)Cc1nc(C(OC)C(C)C)no1. The van der Waals surface area contributed by atoms with Crippen molar-refractivity contribution in [1.29, 1.82) is 0 Å². The Balaban J connectivity index is 2.67. The Morgan fingerprint density at radius 1 is 1.33 bits per heavy atom. The Bertz CT molecular complexity index is 341. The lowest BCUT2D eigenvalue weighted by Crippen LogP contribution is -2.32. The van der Waals surface area contributed by atoms with Crippen LogP contribution in [0, 0.1) is 5.92 Å². The third-order valence-corrected chi connectivity index (χ3v) is 2.79. The van der Waals surface area contributed by atoms with Crippen LogP contribution >= 0.6 is 0 Å². The Morgan fingerprint density at radius 2 is 2.06 bits per heavy atom. The number of ether oxygens (including phenoxy) is 2. The monoisotopic (exact) mass is 257 g/mol. The first-order chi connectivity index (χ1) is 8.62. The molecule has 1 heterocycles. The van der Waals surface area contributed by atoms with E-state index in [-0.39, 0.29) is 12.1 Å². The maximum atomic E-state index is 5.36. The Labute approximate surface area is 108 Å². The number of rotatable bonds is 8. The van der Waals surface area contributed by atoms with Gasteiger partial charge in [0, 0.05) is 26.7 Å². The lowest BCUT2D eigenvalue weighted by Gasteiger charge is -2.14. The van der Waals surface area contributed by atoms with Gasteiger partial charge < -0.3 is 19.3 Å². The molecule has 104 valence electrons. The van der Waals surface area contributed by atoms with Gasteiger partial charge in [-0.3, -0.25) is 0 Å². The summed E-state index contributed by atoms with van der Waals surface area (Å²) in [6.07, 6.45) is 0.518. The quantitative estimate of drug-likeness (QED) is 0.754. The second kappa shape index (κ2) is 7.45. The van der Waals surface area contributed by atoms with E-state index in [1.165, 1.54) is 0 Å². The van der Waals surface area contributed by atoms with Crippen LogP contribution < -0.4 is 5.32 Å². The summed E-state index contributed by atoms with van der Waals surface area (Å²) in [6.45, 7) is 4.73. The van der Waals surface area contributed by atoms with Crippen LogP contribution in [0.5, 0.6) is 0 Å². The number of likely N-dealkylation sites (N-methyl/N-ethyl adjacent to an activating group) is 1. The predicted octanol–water partition coefficient (Wildman–Crippen LogP) is 1.19. The van der Waals surface area contributed by atoms with Crippen molar-refractivity contribution in [1.82, 2.24) is 15.5 Å². The number of nitrogens with zero attached hydrogens (tertiary/aromatic N) is 2. The third-order valence-electron chi connectivity index (χ3n) is 2.79. The van der Waals surface area contributed by atoms with Crippen LogP contribution in [0.15, 0.2) is 4.52 Å². The van der Waals surface area contributed by atoms with E-state index in [1.807, 2.05) is 7.05 Å². The molecule has 1 rings (SSSR count). The second-order valence-corrected chi connectivity index (χ2v) is 4.59. The number of hydrogen-bond acceptors (Lipinski definition) is 6. The van der Waals surface area contributed by atoms with E-state index < -0.39 is 0 Å². The average molecular weight is 257 g/mol. The summed E-state index contributed by atoms with van der Waals surface area (Å²) in [5, 5.41) is 7.12. The zero-order valence-electron chi connectivity index (χ0n) is 11.8. The van der Waals surface area contributed by atoms with Crippen LogP contribution in [0.3, 0.4) is 0 Å². The van der Waals surface area contributed by atoms with Gasteiger partial charge in [-0.2, -0.15) is 4.98 Å². The molecule has 0 aliphatic carbocycles. The van der Waals surface area contributed by atoms with E-state index >= 15 is 0 Å². The minimum absolute atomic E-state index is 0.127. The van der Waals surface area contributed by atoms with Crippen LogP contribution in [-0.4, -0.2) is 44.1 Å². The molecule has 0 saturated carbocycles. The van der Waals surface area contributed by atoms with Crippen molar-refractivity contribution in [3.05, 3.63) is 11.7 Å². The second-order valence-electron chi connectivity index (χ2n) is 4.59. The molecule has 0 saturated heterocycles. The van der Waals surface area contributed by atoms with Crippen LogP contribution in [-0.2, 0) is 15.9 Å². The van der Waals surface area contributed by atoms with Crippen LogP contribution in [0.2, 0.25) is 0 Å². The highest BCUT2D eigenvalue weighted by Crippen LogP contribution is 2.22. The topological polar surface area (TPSA) is 69.4 Å². The molecule has 0 aromatic carbocycles. The molecule has 6 nitrogen and oxygen atoms in total. The molecule has 1 aromatic heterocycles. The molecule has 6 heteroatoms. The molecule has 2 unspecified atom stereocenters. The Hall–Kier alpha value is -0.980. The van der Waals surface area contributed by atoms with Crippen molar-refractivity contribution >= 4 is 0 Å². The van der Waals surface area contributed by atoms with Crippen molar-refractivity contribution in [2.75, 3.05) is 27.9 Å². The van der Waals surface area contributed by atoms with Gasteiger partial charge in [0.05, 0.1) is 6.61 Å². The van der Waals surface area contributed by atoms with E-state index in [4.69, 9.17) is 14.0 Å². The van der Waals surface area contributed by atoms with Crippen LogP contribution in [0.25, 0.3) is 0 Å². The molecule has 0 aliphatic rings. The van der Waals surface area contributed by atoms with E-state index in [2.05, 4.69) is 29.3 Å². The minimum atomic E-state index is -0.127. The lowest BCUT2D eigenvalue weighted by molar-refractivity contribution is 0.0555. The van der Waals surface area contributed by atoms with Gasteiger partial charge >= 0.3 is 0 Å². The minimum Gasteiger partial charge on any atom is -0.383 e. The largest absolute Gasteiger partial charge is 0.383 e. The fraction of sp³-hybridized carbons (Fsp3) is 0.833. The van der Waals surface area contributed by atoms with Crippen molar-refractivity contribution in [2.24, 2.45) is 5.92 Å². The van der Waals surface area contributed by atoms with Gasteiger partial charge in [0.2, 0.25) is 11.7 Å². The number of hydrogen-bond donors (Lipinski definition) is 1. The molecule has 2 atom stereocenters. The zero-order valence-corrected chi connectivity index (χ0v) is 11.8. The average Bonchev–Trinajstić information content (AvgIpc) is 2.77. The van der Waals surface area contributed by atoms with E-state index in [0.29, 0.717) is 30.7 Å². The van der Waals surface area contributed by atoms with Gasteiger partial charge in [-0.25, -0.2) is 0 Å². The highest BCUT2D eigenvalue weighted by atomic mass is 16.5. The first-order valence-corrected chi connectivity index (χ1v) is 6.13. The first kappa shape index (κ1) is 15.1. The van der Waals surface area contributed by atoms with Gasteiger partial charge in [0.25, 0.3) is 0 Å². The normalized spacial score (nSPS) is 15.0. The Kier molecular flexibility index (Phi) is 6.24. The van der Waals surface area contributed by atoms with E-state index in [9.17, 15) is 0 Å². The molecule has 0 bridgehead atoms. The maximum Gasteiger partial charge on any atom is 0.228 e.